The number of nitrogens with zero attached hydrogens (tertiary/aromatic N) is 3. The van der Waals surface area contributed by atoms with Crippen LogP contribution in [-0.2, 0) is 5.75 Å². The van der Waals surface area contributed by atoms with Gasteiger partial charge in [0.15, 0.2) is 5.16 Å². The Labute approximate surface area is 164 Å². The Morgan fingerprint density at radius 3 is 2.54 bits per heavy atom. The first-order valence-corrected chi connectivity index (χ1v) is 9.93. The van der Waals surface area contributed by atoms with Crippen molar-refractivity contribution in [3.63, 3.8) is 0 Å². The van der Waals surface area contributed by atoms with E-state index < -0.39 is 0 Å². The Bertz CT molecular complexity index is 735. The number of carbonyl (C=O) groups is 1. The van der Waals surface area contributed by atoms with Gasteiger partial charge in [0, 0.05) is 38.0 Å². The van der Waals surface area contributed by atoms with Crippen molar-refractivity contribution in [1.29, 1.82) is 0 Å². The van der Waals surface area contributed by atoms with E-state index in [2.05, 4.69) is 29.1 Å². The van der Waals surface area contributed by atoms with E-state index >= 15 is 0 Å². The maximum atomic E-state index is 12.1. The lowest BCUT2D eigenvalue weighted by Crippen LogP contribution is -2.25. The van der Waals surface area contributed by atoms with Crippen molar-refractivity contribution in [3.8, 4) is 0 Å². The summed E-state index contributed by atoms with van der Waals surface area (Å²) in [6.07, 6.45) is 0.981. The smallest absolute Gasteiger partial charge is 0.251 e. The van der Waals surface area contributed by atoms with Crippen LogP contribution in [0.3, 0.4) is 0 Å². The Kier molecular flexibility index (Phi) is 7.72. The van der Waals surface area contributed by atoms with Gasteiger partial charge in [-0.05, 0) is 30.0 Å². The summed E-state index contributed by atoms with van der Waals surface area (Å²) in [7, 11) is 3.83. The van der Waals surface area contributed by atoms with Gasteiger partial charge in [0.2, 0.25) is 0 Å². The highest BCUT2D eigenvalue weighted by molar-refractivity contribution is 7.98. The van der Waals surface area contributed by atoms with Gasteiger partial charge in [-0.1, -0.05) is 49.3 Å². The van der Waals surface area contributed by atoms with Crippen LogP contribution in [-0.4, -0.2) is 36.5 Å². The summed E-state index contributed by atoms with van der Waals surface area (Å²) in [6.45, 7) is 4.99. The molecule has 0 radical (unpaired) electrons. The molecule has 0 unspecified atom stereocenters. The molecule has 7 heteroatoms. The zero-order valence-corrected chi connectivity index (χ0v) is 17.2. The van der Waals surface area contributed by atoms with Gasteiger partial charge in [-0.25, -0.2) is 9.97 Å². The van der Waals surface area contributed by atoms with Crippen molar-refractivity contribution < 1.29 is 4.79 Å². The molecule has 1 aromatic carbocycles. The summed E-state index contributed by atoms with van der Waals surface area (Å²) in [6, 6.07) is 9.36. The second-order valence-electron chi connectivity index (χ2n) is 6.65. The Morgan fingerprint density at radius 2 is 1.92 bits per heavy atom. The molecule has 0 saturated carbocycles. The van der Waals surface area contributed by atoms with Crippen LogP contribution in [0, 0.1) is 5.92 Å². The van der Waals surface area contributed by atoms with Crippen molar-refractivity contribution in [2.75, 3.05) is 25.5 Å². The lowest BCUT2D eigenvalue weighted by Gasteiger charge is -2.12. The van der Waals surface area contributed by atoms with Gasteiger partial charge in [-0.15, -0.1) is 0 Å². The third-order valence-corrected chi connectivity index (χ3v) is 4.82. The quantitative estimate of drug-likeness (QED) is 0.413. The SMILES string of the molecule is CC(C)CCNC(=O)c1ccc(CSc2nc(Cl)cc(N(C)C)n2)cc1. The molecule has 0 fully saturated rings. The molecular weight excluding hydrogens is 368 g/mol. The molecule has 1 N–H and O–H groups in total. The molecule has 0 bridgehead atoms. The number of thioether (sulfide) groups is 1. The molecule has 2 rings (SSSR count). The fourth-order valence-corrected chi connectivity index (χ4v) is 3.19. The van der Waals surface area contributed by atoms with E-state index in [1.807, 2.05) is 43.3 Å². The normalized spacial score (nSPS) is 10.8. The number of halogens is 1. The number of amides is 1. The average molecular weight is 393 g/mol. The van der Waals surface area contributed by atoms with Gasteiger partial charge in [0.25, 0.3) is 5.91 Å². The Morgan fingerprint density at radius 1 is 1.23 bits per heavy atom. The largest absolute Gasteiger partial charge is 0.363 e. The standard InChI is InChI=1S/C19H25ClN4OS/c1-13(2)9-10-21-18(25)15-7-5-14(6-8-15)12-26-19-22-16(20)11-17(23-19)24(3)4/h5-8,11,13H,9-10,12H2,1-4H3,(H,21,25). The summed E-state index contributed by atoms with van der Waals surface area (Å²) in [5.41, 5.74) is 1.78. The number of hydrogen-bond acceptors (Lipinski definition) is 5. The van der Waals surface area contributed by atoms with E-state index in [9.17, 15) is 4.79 Å². The fraction of sp³-hybridized carbons (Fsp3) is 0.421. The van der Waals surface area contributed by atoms with Gasteiger partial charge in [0.05, 0.1) is 0 Å². The molecule has 1 amide bonds. The minimum Gasteiger partial charge on any atom is -0.363 e. The highest BCUT2D eigenvalue weighted by Gasteiger charge is 2.08. The van der Waals surface area contributed by atoms with Crippen molar-refractivity contribution in [2.45, 2.75) is 31.2 Å². The van der Waals surface area contributed by atoms with Crippen LogP contribution >= 0.6 is 23.4 Å². The molecule has 1 heterocycles. The number of rotatable bonds is 8. The molecule has 140 valence electrons. The molecule has 0 aliphatic rings. The number of hydrogen-bond donors (Lipinski definition) is 1. The number of anilines is 1. The Hall–Kier alpha value is -1.79. The maximum absolute atomic E-state index is 12.1. The lowest BCUT2D eigenvalue weighted by atomic mass is 10.1. The summed E-state index contributed by atoms with van der Waals surface area (Å²) in [5.74, 6) is 2.04. The fourth-order valence-electron chi connectivity index (χ4n) is 2.16. The van der Waals surface area contributed by atoms with Gasteiger partial charge in [-0.3, -0.25) is 4.79 Å². The summed E-state index contributed by atoms with van der Waals surface area (Å²) in [4.78, 5) is 22.7. The van der Waals surface area contributed by atoms with Crippen LogP contribution < -0.4 is 10.2 Å². The van der Waals surface area contributed by atoms with E-state index in [0.717, 1.165) is 17.8 Å². The van der Waals surface area contributed by atoms with Gasteiger partial charge in [-0.2, -0.15) is 0 Å². The van der Waals surface area contributed by atoms with Crippen molar-refractivity contribution in [1.82, 2.24) is 15.3 Å². The average Bonchev–Trinajstić information content (AvgIpc) is 2.59. The molecule has 0 atom stereocenters. The molecule has 2 aromatic rings. The van der Waals surface area contributed by atoms with Crippen LogP contribution in [0.5, 0.6) is 0 Å². The van der Waals surface area contributed by atoms with Crippen LogP contribution in [0.25, 0.3) is 0 Å². The minimum absolute atomic E-state index is 0.0290. The third-order valence-electron chi connectivity index (χ3n) is 3.71. The second kappa shape index (κ2) is 9.78. The molecular formula is C19H25ClN4OS. The topological polar surface area (TPSA) is 58.1 Å². The van der Waals surface area contributed by atoms with Gasteiger partial charge in [0.1, 0.15) is 11.0 Å². The monoisotopic (exact) mass is 392 g/mol. The zero-order valence-electron chi connectivity index (χ0n) is 15.6. The highest BCUT2D eigenvalue weighted by atomic mass is 35.5. The Balaban J connectivity index is 1.92. The summed E-state index contributed by atoms with van der Waals surface area (Å²) in [5, 5.41) is 4.01. The van der Waals surface area contributed by atoms with E-state index in [0.29, 0.717) is 34.1 Å². The van der Waals surface area contributed by atoms with Crippen molar-refractivity contribution >= 4 is 35.1 Å². The molecule has 5 nitrogen and oxygen atoms in total. The van der Waals surface area contributed by atoms with Gasteiger partial charge >= 0.3 is 0 Å². The van der Waals surface area contributed by atoms with Crippen LogP contribution in [0.2, 0.25) is 5.15 Å². The van der Waals surface area contributed by atoms with E-state index in [4.69, 9.17) is 11.6 Å². The van der Waals surface area contributed by atoms with E-state index in [-0.39, 0.29) is 5.91 Å². The predicted octanol–water partition coefficient (Wildman–Crippen LogP) is 4.26. The zero-order chi connectivity index (χ0) is 19.1. The number of nitrogens with one attached hydrogen (secondary N) is 1. The second-order valence-corrected chi connectivity index (χ2v) is 7.98. The van der Waals surface area contributed by atoms with E-state index in [1.165, 1.54) is 11.8 Å². The van der Waals surface area contributed by atoms with Crippen molar-refractivity contribution in [3.05, 3.63) is 46.6 Å². The first kappa shape index (κ1) is 20.5. The van der Waals surface area contributed by atoms with Crippen LogP contribution in [0.15, 0.2) is 35.5 Å². The predicted molar refractivity (Wildman–Crippen MR) is 109 cm³/mol. The van der Waals surface area contributed by atoms with Crippen molar-refractivity contribution in [2.24, 2.45) is 5.92 Å². The first-order valence-electron chi connectivity index (χ1n) is 8.57. The highest BCUT2D eigenvalue weighted by Crippen LogP contribution is 2.24. The number of aromatic nitrogens is 2. The third kappa shape index (κ3) is 6.50. The summed E-state index contributed by atoms with van der Waals surface area (Å²) >= 11 is 7.57. The van der Waals surface area contributed by atoms with Gasteiger partial charge < -0.3 is 10.2 Å². The van der Waals surface area contributed by atoms with Crippen LogP contribution in [0.1, 0.15) is 36.2 Å². The molecule has 1 aromatic heterocycles. The molecule has 0 aliphatic heterocycles. The minimum atomic E-state index is -0.0290. The molecule has 0 spiro atoms. The summed E-state index contributed by atoms with van der Waals surface area (Å²) < 4.78 is 0. The first-order chi connectivity index (χ1) is 12.3. The molecule has 26 heavy (non-hydrogen) atoms. The number of carbonyl (C=O) groups excluding carboxylic acids is 1. The van der Waals surface area contributed by atoms with E-state index in [1.54, 1.807) is 6.07 Å². The van der Waals surface area contributed by atoms with Crippen LogP contribution in [0.4, 0.5) is 5.82 Å². The molecule has 0 aliphatic carbocycles. The number of benzene rings is 1. The molecule has 0 saturated heterocycles. The lowest BCUT2D eigenvalue weighted by molar-refractivity contribution is 0.0952. The maximum Gasteiger partial charge on any atom is 0.251 e.